The first-order valence-corrected chi connectivity index (χ1v) is 7.75. The summed E-state index contributed by atoms with van der Waals surface area (Å²) < 4.78 is 5.37. The van der Waals surface area contributed by atoms with Gasteiger partial charge in [0.2, 0.25) is 5.91 Å². The Labute approximate surface area is 128 Å². The number of hydrogen-bond donors (Lipinski definition) is 2. The molecule has 2 rings (SSSR count). The number of amides is 1. The van der Waals surface area contributed by atoms with E-state index >= 15 is 0 Å². The van der Waals surface area contributed by atoms with E-state index in [1.807, 2.05) is 0 Å². The highest BCUT2D eigenvalue weighted by Gasteiger charge is 2.25. The van der Waals surface area contributed by atoms with E-state index in [1.165, 1.54) is 12.8 Å². The molecule has 1 aliphatic heterocycles. The molecule has 1 amide bonds. The lowest BCUT2D eigenvalue weighted by Crippen LogP contribution is -2.46. The number of carbonyl (C=O) groups excluding carboxylic acids is 1. The molecule has 0 radical (unpaired) electrons. The van der Waals surface area contributed by atoms with E-state index in [9.17, 15) is 4.79 Å². The smallest absolute Gasteiger partial charge is 0.221 e. The van der Waals surface area contributed by atoms with Gasteiger partial charge in [0.05, 0.1) is 13.2 Å². The lowest BCUT2D eigenvalue weighted by atomic mass is 9.79. The van der Waals surface area contributed by atoms with Crippen molar-refractivity contribution in [2.75, 3.05) is 19.8 Å². The van der Waals surface area contributed by atoms with Crippen LogP contribution in [0.1, 0.15) is 46.0 Å². The molecule has 1 unspecified atom stereocenters. The fourth-order valence-corrected chi connectivity index (χ4v) is 3.19. The predicted octanol–water partition coefficient (Wildman–Crippen LogP) is 2.12. The molecule has 0 bridgehead atoms. The molecule has 2 N–H and O–H groups in total. The topological polar surface area (TPSA) is 50.4 Å². The molecule has 0 aromatic heterocycles. The summed E-state index contributed by atoms with van der Waals surface area (Å²) in [6.45, 7) is 6.89. The first-order valence-electron chi connectivity index (χ1n) is 7.75. The third-order valence-electron chi connectivity index (χ3n) is 4.51. The maximum absolute atomic E-state index is 12.0. The number of nitrogens with one attached hydrogen (secondary N) is 2. The highest BCUT2D eigenvalue weighted by Crippen LogP contribution is 2.29. The molecular formula is C15H29ClN2O2. The molecule has 118 valence electrons. The SMILES string of the molecule is CC(C)C1CCC(NC(=O)CC2COCCN2)CC1.Cl. The van der Waals surface area contributed by atoms with Gasteiger partial charge in [-0.2, -0.15) is 0 Å². The van der Waals surface area contributed by atoms with Gasteiger partial charge in [-0.3, -0.25) is 4.79 Å². The van der Waals surface area contributed by atoms with Gasteiger partial charge >= 0.3 is 0 Å². The van der Waals surface area contributed by atoms with Crippen molar-refractivity contribution in [2.45, 2.75) is 58.0 Å². The first-order chi connectivity index (χ1) is 9.15. The molecule has 4 nitrogen and oxygen atoms in total. The molecule has 1 aliphatic carbocycles. The minimum absolute atomic E-state index is 0. The third kappa shape index (κ3) is 5.58. The van der Waals surface area contributed by atoms with E-state index in [0.29, 0.717) is 19.1 Å². The van der Waals surface area contributed by atoms with Crippen molar-refractivity contribution in [3.05, 3.63) is 0 Å². The van der Waals surface area contributed by atoms with E-state index in [2.05, 4.69) is 24.5 Å². The van der Waals surface area contributed by atoms with E-state index < -0.39 is 0 Å². The lowest BCUT2D eigenvalue weighted by molar-refractivity contribution is -0.123. The standard InChI is InChI=1S/C15H28N2O2.ClH/c1-11(2)12-3-5-13(6-4-12)17-15(18)9-14-10-19-8-7-16-14;/h11-14,16H,3-10H2,1-2H3,(H,17,18);1H. The Morgan fingerprint density at radius 3 is 2.55 bits per heavy atom. The third-order valence-corrected chi connectivity index (χ3v) is 4.51. The molecule has 0 aromatic carbocycles. The van der Waals surface area contributed by atoms with Gasteiger partial charge in [-0.1, -0.05) is 13.8 Å². The summed E-state index contributed by atoms with van der Waals surface area (Å²) in [7, 11) is 0. The van der Waals surface area contributed by atoms with Crippen LogP contribution in [0, 0.1) is 11.8 Å². The molecule has 1 atom stereocenters. The molecule has 0 aromatic rings. The lowest BCUT2D eigenvalue weighted by Gasteiger charge is -2.32. The van der Waals surface area contributed by atoms with Gasteiger partial charge in [-0.25, -0.2) is 0 Å². The number of carbonyl (C=O) groups is 1. The second kappa shape index (κ2) is 8.85. The molecule has 1 heterocycles. The number of halogens is 1. The van der Waals surface area contributed by atoms with Gasteiger partial charge in [0.25, 0.3) is 0 Å². The Balaban J connectivity index is 0.00000200. The fourth-order valence-electron chi connectivity index (χ4n) is 3.19. The zero-order valence-electron chi connectivity index (χ0n) is 12.7. The van der Waals surface area contributed by atoms with Crippen LogP contribution in [0.15, 0.2) is 0 Å². The summed E-state index contributed by atoms with van der Waals surface area (Å²) in [5.41, 5.74) is 0. The Bertz CT molecular complexity index is 286. The van der Waals surface area contributed by atoms with Gasteiger partial charge in [-0.15, -0.1) is 12.4 Å². The van der Waals surface area contributed by atoms with Crippen LogP contribution in [0.5, 0.6) is 0 Å². The summed E-state index contributed by atoms with van der Waals surface area (Å²) in [4.78, 5) is 12.0. The Hall–Kier alpha value is -0.320. The zero-order chi connectivity index (χ0) is 13.7. The Morgan fingerprint density at radius 2 is 2.00 bits per heavy atom. The minimum Gasteiger partial charge on any atom is -0.378 e. The van der Waals surface area contributed by atoms with E-state index in [-0.39, 0.29) is 24.4 Å². The summed E-state index contributed by atoms with van der Waals surface area (Å²) in [6.07, 6.45) is 5.34. The van der Waals surface area contributed by atoms with Crippen LogP contribution < -0.4 is 10.6 Å². The first kappa shape index (κ1) is 17.7. The molecule has 1 saturated heterocycles. The van der Waals surface area contributed by atoms with Gasteiger partial charge in [0, 0.05) is 25.0 Å². The normalized spacial score (nSPS) is 30.6. The van der Waals surface area contributed by atoms with Crippen molar-refractivity contribution in [3.63, 3.8) is 0 Å². The summed E-state index contributed by atoms with van der Waals surface area (Å²) in [5, 5.41) is 6.51. The van der Waals surface area contributed by atoms with Gasteiger partial charge in [0.1, 0.15) is 0 Å². The van der Waals surface area contributed by atoms with Crippen LogP contribution in [-0.4, -0.2) is 37.7 Å². The van der Waals surface area contributed by atoms with E-state index in [4.69, 9.17) is 4.74 Å². The highest BCUT2D eigenvalue weighted by molar-refractivity contribution is 5.85. The minimum atomic E-state index is 0. The van der Waals surface area contributed by atoms with Crippen molar-refractivity contribution >= 4 is 18.3 Å². The monoisotopic (exact) mass is 304 g/mol. The zero-order valence-corrected chi connectivity index (χ0v) is 13.5. The van der Waals surface area contributed by atoms with Crippen LogP contribution >= 0.6 is 12.4 Å². The average Bonchev–Trinajstić information content (AvgIpc) is 2.40. The molecular weight excluding hydrogens is 276 g/mol. The summed E-state index contributed by atoms with van der Waals surface area (Å²) >= 11 is 0. The molecule has 0 spiro atoms. The van der Waals surface area contributed by atoms with Crippen LogP contribution in [0.25, 0.3) is 0 Å². The second-order valence-electron chi connectivity index (χ2n) is 6.35. The van der Waals surface area contributed by atoms with Crippen molar-refractivity contribution in [1.29, 1.82) is 0 Å². The maximum Gasteiger partial charge on any atom is 0.221 e. The highest BCUT2D eigenvalue weighted by atomic mass is 35.5. The van der Waals surface area contributed by atoms with Crippen molar-refractivity contribution in [1.82, 2.24) is 10.6 Å². The van der Waals surface area contributed by atoms with Crippen LogP contribution in [0.4, 0.5) is 0 Å². The number of hydrogen-bond acceptors (Lipinski definition) is 3. The van der Waals surface area contributed by atoms with Crippen LogP contribution in [0.3, 0.4) is 0 Å². The number of rotatable bonds is 4. The average molecular weight is 305 g/mol. The predicted molar refractivity (Wildman–Crippen MR) is 83.2 cm³/mol. The Morgan fingerprint density at radius 1 is 1.30 bits per heavy atom. The molecule has 5 heteroatoms. The van der Waals surface area contributed by atoms with Gasteiger partial charge in [-0.05, 0) is 37.5 Å². The molecule has 2 fully saturated rings. The quantitative estimate of drug-likeness (QED) is 0.836. The molecule has 2 aliphatic rings. The van der Waals surface area contributed by atoms with Crippen molar-refractivity contribution in [2.24, 2.45) is 11.8 Å². The molecule has 20 heavy (non-hydrogen) atoms. The Kier molecular flexibility index (Phi) is 7.85. The number of ether oxygens (including phenoxy) is 1. The van der Waals surface area contributed by atoms with E-state index in [1.54, 1.807) is 0 Å². The molecule has 1 saturated carbocycles. The summed E-state index contributed by atoms with van der Waals surface area (Å²) in [6, 6.07) is 0.591. The van der Waals surface area contributed by atoms with E-state index in [0.717, 1.165) is 37.8 Å². The summed E-state index contributed by atoms with van der Waals surface area (Å²) in [5.74, 6) is 1.80. The largest absolute Gasteiger partial charge is 0.378 e. The van der Waals surface area contributed by atoms with Crippen LogP contribution in [-0.2, 0) is 9.53 Å². The van der Waals surface area contributed by atoms with Gasteiger partial charge < -0.3 is 15.4 Å². The van der Waals surface area contributed by atoms with Crippen LogP contribution in [0.2, 0.25) is 0 Å². The second-order valence-corrected chi connectivity index (χ2v) is 6.35. The van der Waals surface area contributed by atoms with Crippen molar-refractivity contribution in [3.8, 4) is 0 Å². The number of morpholine rings is 1. The van der Waals surface area contributed by atoms with Gasteiger partial charge in [0.15, 0.2) is 0 Å². The van der Waals surface area contributed by atoms with Crippen molar-refractivity contribution < 1.29 is 9.53 Å². The fraction of sp³-hybridized carbons (Fsp3) is 0.933. The maximum atomic E-state index is 12.0.